The molecule has 0 aromatic carbocycles. The first-order valence-electron chi connectivity index (χ1n) is 6.49. The van der Waals surface area contributed by atoms with Gasteiger partial charge in [-0.25, -0.2) is 0 Å². The van der Waals surface area contributed by atoms with Crippen LogP contribution in [0.4, 0.5) is 0 Å². The molecular formula is C13H15N3OS3. The fourth-order valence-electron chi connectivity index (χ4n) is 2.25. The number of carbonyl (C=O) groups is 1. The highest BCUT2D eigenvalue weighted by Gasteiger charge is 2.25. The van der Waals surface area contributed by atoms with Gasteiger partial charge in [0.05, 0.1) is 5.69 Å². The van der Waals surface area contributed by atoms with Crippen molar-refractivity contribution in [2.45, 2.75) is 18.6 Å². The predicted molar refractivity (Wildman–Crippen MR) is 84.7 cm³/mol. The summed E-state index contributed by atoms with van der Waals surface area (Å²) >= 11 is 4.96. The number of aromatic nitrogens is 2. The van der Waals surface area contributed by atoms with Crippen molar-refractivity contribution in [1.29, 1.82) is 0 Å². The standard InChI is InChI=1S/C13H15N3OS3/c1-9-12(20-15-14-9)13(17)16-5-4-11(19-8-6-16)10-3-2-7-18-10/h2-3,7,11H,4-6,8H2,1H3/t11-/m1/s1. The summed E-state index contributed by atoms with van der Waals surface area (Å²) in [6.45, 7) is 3.46. The lowest BCUT2D eigenvalue weighted by Crippen LogP contribution is -2.32. The van der Waals surface area contributed by atoms with E-state index < -0.39 is 0 Å². The molecule has 0 bridgehead atoms. The van der Waals surface area contributed by atoms with Crippen LogP contribution < -0.4 is 0 Å². The Kier molecular flexibility index (Phi) is 4.38. The second-order valence-electron chi connectivity index (χ2n) is 4.64. The predicted octanol–water partition coefficient (Wildman–Crippen LogP) is 3.23. The third-order valence-electron chi connectivity index (χ3n) is 3.33. The number of thiophene rings is 1. The van der Waals surface area contributed by atoms with Gasteiger partial charge in [0, 0.05) is 29.0 Å². The molecule has 20 heavy (non-hydrogen) atoms. The van der Waals surface area contributed by atoms with Gasteiger partial charge >= 0.3 is 0 Å². The molecule has 106 valence electrons. The Hall–Kier alpha value is -0.920. The minimum atomic E-state index is 0.0879. The first-order chi connectivity index (χ1) is 9.75. The molecule has 1 fully saturated rings. The van der Waals surface area contributed by atoms with E-state index >= 15 is 0 Å². The molecule has 3 heterocycles. The van der Waals surface area contributed by atoms with E-state index in [2.05, 4.69) is 27.1 Å². The van der Waals surface area contributed by atoms with Crippen LogP contribution in [-0.4, -0.2) is 39.2 Å². The molecule has 0 radical (unpaired) electrons. The summed E-state index contributed by atoms with van der Waals surface area (Å²) in [5, 5.41) is 6.57. The number of rotatable bonds is 2. The van der Waals surface area contributed by atoms with E-state index in [1.54, 1.807) is 11.3 Å². The molecule has 1 aliphatic heterocycles. The summed E-state index contributed by atoms with van der Waals surface area (Å²) in [5.74, 6) is 1.07. The second-order valence-corrected chi connectivity index (χ2v) is 7.69. The average molecular weight is 325 g/mol. The average Bonchev–Trinajstić information content (AvgIpc) is 3.05. The number of amides is 1. The lowest BCUT2D eigenvalue weighted by atomic mass is 10.2. The summed E-state index contributed by atoms with van der Waals surface area (Å²) in [4.78, 5) is 16.5. The van der Waals surface area contributed by atoms with Crippen molar-refractivity contribution < 1.29 is 4.79 Å². The fraction of sp³-hybridized carbons (Fsp3) is 0.462. The van der Waals surface area contributed by atoms with E-state index in [4.69, 9.17) is 0 Å². The molecule has 7 heteroatoms. The van der Waals surface area contributed by atoms with Crippen LogP contribution in [-0.2, 0) is 0 Å². The lowest BCUT2D eigenvalue weighted by Gasteiger charge is -2.19. The Morgan fingerprint density at radius 1 is 1.45 bits per heavy atom. The van der Waals surface area contributed by atoms with Gasteiger partial charge < -0.3 is 4.90 Å². The summed E-state index contributed by atoms with van der Waals surface area (Å²) < 4.78 is 3.86. The van der Waals surface area contributed by atoms with E-state index in [9.17, 15) is 4.79 Å². The van der Waals surface area contributed by atoms with Crippen molar-refractivity contribution in [3.05, 3.63) is 33.0 Å². The van der Waals surface area contributed by atoms with Crippen molar-refractivity contribution in [2.24, 2.45) is 0 Å². The van der Waals surface area contributed by atoms with Gasteiger partial charge in [-0.3, -0.25) is 4.79 Å². The molecule has 2 aromatic heterocycles. The topological polar surface area (TPSA) is 46.1 Å². The van der Waals surface area contributed by atoms with Gasteiger partial charge in [0.1, 0.15) is 4.88 Å². The van der Waals surface area contributed by atoms with E-state index in [1.807, 2.05) is 23.6 Å². The third-order valence-corrected chi connectivity index (χ3v) is 6.60. The van der Waals surface area contributed by atoms with Crippen LogP contribution in [0.1, 0.15) is 31.9 Å². The highest BCUT2D eigenvalue weighted by atomic mass is 32.2. The maximum atomic E-state index is 12.5. The minimum Gasteiger partial charge on any atom is -0.337 e. The Morgan fingerprint density at radius 3 is 3.05 bits per heavy atom. The van der Waals surface area contributed by atoms with Crippen LogP contribution in [0.2, 0.25) is 0 Å². The molecule has 0 spiro atoms. The SMILES string of the molecule is Cc1nnsc1C(=O)N1CCS[C@@H](c2cccs2)CC1. The normalized spacial score (nSPS) is 19.9. The van der Waals surface area contributed by atoms with Crippen molar-refractivity contribution in [1.82, 2.24) is 14.5 Å². The van der Waals surface area contributed by atoms with Crippen LogP contribution in [0, 0.1) is 6.92 Å². The summed E-state index contributed by atoms with van der Waals surface area (Å²) in [6.07, 6.45) is 1.02. The third kappa shape index (κ3) is 2.89. The molecule has 0 saturated carbocycles. The van der Waals surface area contributed by atoms with Gasteiger partial charge in [-0.05, 0) is 36.3 Å². The molecule has 2 aromatic rings. The lowest BCUT2D eigenvalue weighted by molar-refractivity contribution is 0.0770. The van der Waals surface area contributed by atoms with Crippen LogP contribution in [0.3, 0.4) is 0 Å². The molecule has 0 unspecified atom stereocenters. The zero-order valence-electron chi connectivity index (χ0n) is 11.1. The quantitative estimate of drug-likeness (QED) is 0.850. The molecule has 1 amide bonds. The number of thioether (sulfide) groups is 1. The number of nitrogens with zero attached hydrogens (tertiary/aromatic N) is 3. The summed E-state index contributed by atoms with van der Waals surface area (Å²) in [5.41, 5.74) is 0.742. The Balaban J connectivity index is 1.68. The van der Waals surface area contributed by atoms with Crippen molar-refractivity contribution in [2.75, 3.05) is 18.8 Å². The van der Waals surface area contributed by atoms with Crippen molar-refractivity contribution in [3.63, 3.8) is 0 Å². The smallest absolute Gasteiger partial charge is 0.267 e. The van der Waals surface area contributed by atoms with Gasteiger partial charge in [-0.15, -0.1) is 16.4 Å². The first-order valence-corrected chi connectivity index (χ1v) is 9.19. The molecule has 0 aliphatic carbocycles. The maximum absolute atomic E-state index is 12.5. The van der Waals surface area contributed by atoms with E-state index in [0.29, 0.717) is 10.1 Å². The molecule has 0 N–H and O–H groups in total. The number of hydrogen-bond acceptors (Lipinski definition) is 6. The van der Waals surface area contributed by atoms with Crippen LogP contribution in [0.5, 0.6) is 0 Å². The van der Waals surface area contributed by atoms with Gasteiger partial charge in [0.2, 0.25) is 0 Å². The Labute approximate surface area is 130 Å². The molecule has 4 nitrogen and oxygen atoms in total. The highest BCUT2D eigenvalue weighted by molar-refractivity contribution is 7.99. The first kappa shape index (κ1) is 14.0. The van der Waals surface area contributed by atoms with Gasteiger partial charge in [0.15, 0.2) is 0 Å². The van der Waals surface area contributed by atoms with Gasteiger partial charge in [-0.1, -0.05) is 10.6 Å². The maximum Gasteiger partial charge on any atom is 0.267 e. The molecule has 1 atom stereocenters. The van der Waals surface area contributed by atoms with Gasteiger partial charge in [0.25, 0.3) is 5.91 Å². The molecular weight excluding hydrogens is 310 g/mol. The van der Waals surface area contributed by atoms with Gasteiger partial charge in [-0.2, -0.15) is 11.8 Å². The van der Waals surface area contributed by atoms with E-state index in [-0.39, 0.29) is 5.91 Å². The number of aryl methyl sites for hydroxylation is 1. The number of carbonyl (C=O) groups excluding carboxylic acids is 1. The summed E-state index contributed by atoms with van der Waals surface area (Å²) in [7, 11) is 0. The Morgan fingerprint density at radius 2 is 2.35 bits per heavy atom. The molecule has 1 saturated heterocycles. The van der Waals surface area contributed by atoms with Crippen molar-refractivity contribution >= 4 is 40.5 Å². The Bertz CT molecular complexity index is 581. The zero-order valence-corrected chi connectivity index (χ0v) is 13.6. The minimum absolute atomic E-state index is 0.0879. The van der Waals surface area contributed by atoms with Crippen LogP contribution in [0.15, 0.2) is 17.5 Å². The summed E-state index contributed by atoms with van der Waals surface area (Å²) in [6, 6.07) is 4.29. The second kappa shape index (κ2) is 6.24. The van der Waals surface area contributed by atoms with Crippen LogP contribution >= 0.6 is 34.6 Å². The van der Waals surface area contributed by atoms with E-state index in [1.165, 1.54) is 16.4 Å². The molecule has 3 rings (SSSR count). The zero-order chi connectivity index (χ0) is 13.9. The molecule has 1 aliphatic rings. The van der Waals surface area contributed by atoms with Crippen molar-refractivity contribution in [3.8, 4) is 0 Å². The van der Waals surface area contributed by atoms with Crippen LogP contribution in [0.25, 0.3) is 0 Å². The largest absolute Gasteiger partial charge is 0.337 e. The van der Waals surface area contributed by atoms with E-state index in [0.717, 1.165) is 31.0 Å². The highest BCUT2D eigenvalue weighted by Crippen LogP contribution is 2.37. The monoisotopic (exact) mass is 325 g/mol. The fourth-order valence-corrected chi connectivity index (χ4v) is 5.11. The number of hydrogen-bond donors (Lipinski definition) is 0.